The fourth-order valence-corrected chi connectivity index (χ4v) is 3.00. The first-order valence-corrected chi connectivity index (χ1v) is 9.06. The highest BCUT2D eigenvalue weighted by Gasteiger charge is 2.27. The van der Waals surface area contributed by atoms with E-state index < -0.39 is 0 Å². The molecule has 0 saturated carbocycles. The van der Waals surface area contributed by atoms with Crippen LogP contribution in [0, 0.1) is 5.92 Å². The molecule has 1 saturated heterocycles. The van der Waals surface area contributed by atoms with Crippen LogP contribution in [0.3, 0.4) is 0 Å². The summed E-state index contributed by atoms with van der Waals surface area (Å²) in [6.45, 7) is 6.10. The summed E-state index contributed by atoms with van der Waals surface area (Å²) in [4.78, 5) is 18.9. The second-order valence-corrected chi connectivity index (χ2v) is 6.92. The van der Waals surface area contributed by atoms with Crippen molar-refractivity contribution in [3.63, 3.8) is 0 Å². The molecule has 1 aromatic carbocycles. The maximum atomic E-state index is 12.4. The van der Waals surface area contributed by atoms with Gasteiger partial charge >= 0.3 is 6.01 Å². The predicted octanol–water partition coefficient (Wildman–Crippen LogP) is 2.73. The maximum Gasteiger partial charge on any atom is 0.324 e. The van der Waals surface area contributed by atoms with Crippen molar-refractivity contribution in [3.8, 4) is 5.75 Å². The molecular formula is C19H26N4O3. The van der Waals surface area contributed by atoms with E-state index in [4.69, 9.17) is 9.26 Å². The van der Waals surface area contributed by atoms with E-state index in [0.29, 0.717) is 12.6 Å². The number of methoxy groups -OCH3 is 1. The van der Waals surface area contributed by atoms with Gasteiger partial charge in [0.05, 0.1) is 7.11 Å². The van der Waals surface area contributed by atoms with Gasteiger partial charge in [0.1, 0.15) is 5.75 Å². The average molecular weight is 358 g/mol. The largest absolute Gasteiger partial charge is 0.497 e. The highest BCUT2D eigenvalue weighted by atomic mass is 16.5. The zero-order chi connectivity index (χ0) is 18.5. The van der Waals surface area contributed by atoms with Crippen LogP contribution >= 0.6 is 0 Å². The molecule has 1 amide bonds. The smallest absolute Gasteiger partial charge is 0.324 e. The van der Waals surface area contributed by atoms with Crippen molar-refractivity contribution < 1.29 is 14.1 Å². The molecule has 2 aromatic rings. The summed E-state index contributed by atoms with van der Waals surface area (Å²) >= 11 is 0. The van der Waals surface area contributed by atoms with Gasteiger partial charge in [0, 0.05) is 31.5 Å². The lowest BCUT2D eigenvalue weighted by molar-refractivity contribution is -0.125. The molecular weight excluding hydrogens is 332 g/mol. The first kappa shape index (κ1) is 18.2. The number of carbonyl (C=O) groups is 1. The molecule has 0 bridgehead atoms. The fraction of sp³-hybridized carbons (Fsp3) is 0.526. The second-order valence-electron chi connectivity index (χ2n) is 6.92. The predicted molar refractivity (Wildman–Crippen MR) is 98.2 cm³/mol. The minimum Gasteiger partial charge on any atom is -0.497 e. The van der Waals surface area contributed by atoms with Crippen molar-refractivity contribution in [3.05, 3.63) is 35.7 Å². The number of rotatable bonds is 6. The van der Waals surface area contributed by atoms with E-state index in [1.165, 1.54) is 0 Å². The van der Waals surface area contributed by atoms with Crippen molar-refractivity contribution in [2.45, 2.75) is 39.2 Å². The Morgan fingerprint density at radius 2 is 2.00 bits per heavy atom. The number of nitrogens with zero attached hydrogens (tertiary/aromatic N) is 3. The van der Waals surface area contributed by atoms with Crippen LogP contribution in [0.2, 0.25) is 0 Å². The first-order valence-electron chi connectivity index (χ1n) is 9.06. The van der Waals surface area contributed by atoms with E-state index in [9.17, 15) is 4.79 Å². The molecule has 1 fully saturated rings. The zero-order valence-corrected chi connectivity index (χ0v) is 15.6. The van der Waals surface area contributed by atoms with Crippen molar-refractivity contribution in [2.75, 3.05) is 25.1 Å². The summed E-state index contributed by atoms with van der Waals surface area (Å²) in [5.41, 5.74) is 1.06. The van der Waals surface area contributed by atoms with Crippen molar-refractivity contribution >= 4 is 11.9 Å². The lowest BCUT2D eigenvalue weighted by Crippen LogP contribution is -2.40. The normalized spacial score (nSPS) is 15.3. The molecule has 0 unspecified atom stereocenters. The number of carbonyl (C=O) groups excluding carboxylic acids is 1. The standard InChI is InChI=1S/C19H26N4O3/c1-13(2)17-21-19(26-22-17)23-10-8-15(9-11-23)18(24)20-12-14-4-6-16(25-3)7-5-14/h4-7,13,15H,8-12H2,1-3H3,(H,20,24). The van der Waals surface area contributed by atoms with Crippen LogP contribution in [-0.4, -0.2) is 36.2 Å². The molecule has 0 radical (unpaired) electrons. The van der Waals surface area contributed by atoms with Gasteiger partial charge in [-0.25, -0.2) is 0 Å². The van der Waals surface area contributed by atoms with Crippen LogP contribution in [0.15, 0.2) is 28.8 Å². The second kappa shape index (κ2) is 8.21. The number of nitrogens with one attached hydrogen (secondary N) is 1. The third kappa shape index (κ3) is 4.33. The molecule has 1 aliphatic rings. The molecule has 1 aliphatic heterocycles. The van der Waals surface area contributed by atoms with Gasteiger partial charge in [0.25, 0.3) is 0 Å². The van der Waals surface area contributed by atoms with Gasteiger partial charge < -0.3 is 19.5 Å². The Morgan fingerprint density at radius 3 is 2.58 bits per heavy atom. The van der Waals surface area contributed by atoms with Crippen molar-refractivity contribution in [2.24, 2.45) is 5.92 Å². The topological polar surface area (TPSA) is 80.5 Å². The van der Waals surface area contributed by atoms with Gasteiger partial charge in [0.2, 0.25) is 5.91 Å². The molecule has 140 valence electrons. The van der Waals surface area contributed by atoms with Crippen LogP contribution in [-0.2, 0) is 11.3 Å². The van der Waals surface area contributed by atoms with E-state index in [-0.39, 0.29) is 17.7 Å². The highest BCUT2D eigenvalue weighted by Crippen LogP contribution is 2.23. The Kier molecular flexibility index (Phi) is 5.75. The third-order valence-corrected chi connectivity index (χ3v) is 4.71. The van der Waals surface area contributed by atoms with Crippen LogP contribution in [0.4, 0.5) is 6.01 Å². The Morgan fingerprint density at radius 1 is 1.31 bits per heavy atom. The van der Waals surface area contributed by atoms with E-state index in [0.717, 1.165) is 43.1 Å². The number of hydrogen-bond acceptors (Lipinski definition) is 6. The average Bonchev–Trinajstić information content (AvgIpc) is 3.17. The first-order chi connectivity index (χ1) is 12.6. The molecule has 26 heavy (non-hydrogen) atoms. The van der Waals surface area contributed by atoms with Gasteiger partial charge in [-0.2, -0.15) is 4.98 Å². The number of anilines is 1. The van der Waals surface area contributed by atoms with Gasteiger partial charge in [-0.3, -0.25) is 4.79 Å². The zero-order valence-electron chi connectivity index (χ0n) is 15.6. The number of hydrogen-bond donors (Lipinski definition) is 1. The highest BCUT2D eigenvalue weighted by molar-refractivity contribution is 5.78. The Hall–Kier alpha value is -2.57. The molecule has 0 aliphatic carbocycles. The van der Waals surface area contributed by atoms with Crippen LogP contribution in [0.5, 0.6) is 5.75 Å². The van der Waals surface area contributed by atoms with Gasteiger partial charge in [-0.1, -0.05) is 31.1 Å². The summed E-state index contributed by atoms with van der Waals surface area (Å²) < 4.78 is 10.5. The van der Waals surface area contributed by atoms with Gasteiger partial charge in [0.15, 0.2) is 5.82 Å². The summed E-state index contributed by atoms with van der Waals surface area (Å²) in [7, 11) is 1.64. The van der Waals surface area contributed by atoms with Crippen LogP contribution in [0.1, 0.15) is 44.0 Å². The number of aromatic nitrogens is 2. The molecule has 1 N–H and O–H groups in total. The number of amides is 1. The summed E-state index contributed by atoms with van der Waals surface area (Å²) in [5.74, 6) is 1.91. The fourth-order valence-electron chi connectivity index (χ4n) is 3.00. The lowest BCUT2D eigenvalue weighted by atomic mass is 9.96. The molecule has 2 heterocycles. The molecule has 7 heteroatoms. The Labute approximate surface area is 153 Å². The molecule has 3 rings (SSSR count). The Bertz CT molecular complexity index is 719. The third-order valence-electron chi connectivity index (χ3n) is 4.71. The molecule has 0 atom stereocenters. The molecule has 0 spiro atoms. The van der Waals surface area contributed by atoms with E-state index in [1.807, 2.05) is 38.1 Å². The minimum atomic E-state index is 0.0250. The number of ether oxygens (including phenoxy) is 1. The lowest BCUT2D eigenvalue weighted by Gasteiger charge is -2.29. The maximum absolute atomic E-state index is 12.4. The Balaban J connectivity index is 1.46. The summed E-state index contributed by atoms with van der Waals surface area (Å²) in [6, 6.07) is 8.28. The monoisotopic (exact) mass is 358 g/mol. The SMILES string of the molecule is COc1ccc(CNC(=O)C2CCN(c3nc(C(C)C)no3)CC2)cc1. The van der Waals surface area contributed by atoms with Crippen molar-refractivity contribution in [1.29, 1.82) is 0 Å². The van der Waals surface area contributed by atoms with E-state index >= 15 is 0 Å². The summed E-state index contributed by atoms with van der Waals surface area (Å²) in [5, 5.41) is 7.03. The molecule has 1 aromatic heterocycles. The molecule has 7 nitrogen and oxygen atoms in total. The quantitative estimate of drug-likeness (QED) is 0.855. The number of benzene rings is 1. The summed E-state index contributed by atoms with van der Waals surface area (Å²) in [6.07, 6.45) is 1.57. The van der Waals surface area contributed by atoms with Crippen LogP contribution in [0.25, 0.3) is 0 Å². The van der Waals surface area contributed by atoms with E-state index in [2.05, 4.69) is 20.4 Å². The van der Waals surface area contributed by atoms with E-state index in [1.54, 1.807) is 7.11 Å². The van der Waals surface area contributed by atoms with Crippen molar-refractivity contribution in [1.82, 2.24) is 15.5 Å². The van der Waals surface area contributed by atoms with Crippen LogP contribution < -0.4 is 15.0 Å². The number of piperidine rings is 1. The minimum absolute atomic E-state index is 0.0250. The van der Waals surface area contributed by atoms with Gasteiger partial charge in [-0.15, -0.1) is 0 Å². The van der Waals surface area contributed by atoms with Gasteiger partial charge in [-0.05, 0) is 30.5 Å².